The van der Waals surface area contributed by atoms with Gasteiger partial charge in [0.1, 0.15) is 23.3 Å². The van der Waals surface area contributed by atoms with Gasteiger partial charge in [-0.3, -0.25) is 9.59 Å². The summed E-state index contributed by atoms with van der Waals surface area (Å²) in [5, 5.41) is 5.67. The Labute approximate surface area is 194 Å². The maximum Gasteiger partial charge on any atom is 0.252 e. The summed E-state index contributed by atoms with van der Waals surface area (Å²) in [6, 6.07) is 7.51. The monoisotopic (exact) mass is 460 g/mol. The molecule has 0 heterocycles. The van der Waals surface area contributed by atoms with Crippen LogP contribution in [-0.4, -0.2) is 53.4 Å². The largest absolute Gasteiger partial charge is 0.497 e. The maximum absolute atomic E-state index is 13.0. The minimum absolute atomic E-state index is 0.159. The van der Waals surface area contributed by atoms with Gasteiger partial charge >= 0.3 is 0 Å². The Morgan fingerprint density at radius 1 is 0.758 bits per heavy atom. The molecule has 0 saturated carbocycles. The molecule has 0 spiro atoms. The molecule has 0 aliphatic heterocycles. The summed E-state index contributed by atoms with van der Waals surface area (Å²) >= 11 is 0. The standard InChI is InChI=1S/C24H32N2O7/c1-14(2)22(26-23(27)15-8-17(29-3)11-18(9-15)30-4)24(28)25-13-16-10-20(32-6)21(33-7)12-19(16)31-5/h8-12,14,22H,13H2,1-7H3,(H,25,28)(H,26,27). The quantitative estimate of drug-likeness (QED) is 0.531. The Balaban J connectivity index is 2.17. The molecule has 9 nitrogen and oxygen atoms in total. The van der Waals surface area contributed by atoms with Crippen molar-refractivity contribution < 1.29 is 33.3 Å². The van der Waals surface area contributed by atoms with Gasteiger partial charge in [-0.2, -0.15) is 0 Å². The van der Waals surface area contributed by atoms with Crippen molar-refractivity contribution in [3.63, 3.8) is 0 Å². The lowest BCUT2D eigenvalue weighted by Crippen LogP contribution is -2.49. The second-order valence-corrected chi connectivity index (χ2v) is 7.53. The Kier molecular flexibility index (Phi) is 9.20. The van der Waals surface area contributed by atoms with Crippen LogP contribution in [0.4, 0.5) is 0 Å². The molecule has 1 atom stereocenters. The molecule has 9 heteroatoms. The first-order valence-electron chi connectivity index (χ1n) is 10.4. The molecule has 2 amide bonds. The average molecular weight is 461 g/mol. The molecule has 180 valence electrons. The average Bonchev–Trinajstić information content (AvgIpc) is 2.84. The van der Waals surface area contributed by atoms with Crippen LogP contribution in [-0.2, 0) is 11.3 Å². The van der Waals surface area contributed by atoms with Gasteiger partial charge in [-0.1, -0.05) is 13.8 Å². The van der Waals surface area contributed by atoms with Crippen LogP contribution in [0.15, 0.2) is 30.3 Å². The topological polar surface area (TPSA) is 104 Å². The van der Waals surface area contributed by atoms with Crippen molar-refractivity contribution in [2.75, 3.05) is 35.5 Å². The van der Waals surface area contributed by atoms with Crippen LogP contribution < -0.4 is 34.3 Å². The smallest absolute Gasteiger partial charge is 0.252 e. The van der Waals surface area contributed by atoms with E-state index in [0.29, 0.717) is 39.9 Å². The number of rotatable bonds is 11. The van der Waals surface area contributed by atoms with Crippen molar-refractivity contribution in [3.8, 4) is 28.7 Å². The Hall–Kier alpha value is -3.62. The molecule has 33 heavy (non-hydrogen) atoms. The zero-order valence-electron chi connectivity index (χ0n) is 20.1. The fourth-order valence-electron chi connectivity index (χ4n) is 3.22. The molecule has 0 bridgehead atoms. The molecule has 0 aliphatic carbocycles. The normalized spacial score (nSPS) is 11.4. The van der Waals surface area contributed by atoms with E-state index < -0.39 is 11.9 Å². The summed E-state index contributed by atoms with van der Waals surface area (Å²) < 4.78 is 26.5. The maximum atomic E-state index is 13.0. The lowest BCUT2D eigenvalue weighted by molar-refractivity contribution is -0.124. The van der Waals surface area contributed by atoms with E-state index in [-0.39, 0.29) is 18.4 Å². The van der Waals surface area contributed by atoms with Crippen LogP contribution in [0.3, 0.4) is 0 Å². The highest BCUT2D eigenvalue weighted by Gasteiger charge is 2.25. The van der Waals surface area contributed by atoms with E-state index in [4.69, 9.17) is 23.7 Å². The second kappa shape index (κ2) is 11.8. The van der Waals surface area contributed by atoms with E-state index >= 15 is 0 Å². The first-order chi connectivity index (χ1) is 15.8. The molecule has 0 aliphatic rings. The highest BCUT2D eigenvalue weighted by Crippen LogP contribution is 2.34. The van der Waals surface area contributed by atoms with Gasteiger partial charge in [0.25, 0.3) is 5.91 Å². The minimum Gasteiger partial charge on any atom is -0.497 e. The summed E-state index contributed by atoms with van der Waals surface area (Å²) in [6.07, 6.45) is 0. The molecule has 2 N–H and O–H groups in total. The molecule has 2 aromatic rings. The van der Waals surface area contributed by atoms with Gasteiger partial charge in [-0.05, 0) is 24.1 Å². The van der Waals surface area contributed by atoms with Gasteiger partial charge in [-0.25, -0.2) is 0 Å². The summed E-state index contributed by atoms with van der Waals surface area (Å²) in [6.45, 7) is 3.88. The van der Waals surface area contributed by atoms with E-state index in [0.717, 1.165) is 0 Å². The van der Waals surface area contributed by atoms with Gasteiger partial charge in [-0.15, -0.1) is 0 Å². The summed E-state index contributed by atoms with van der Waals surface area (Å²) in [5.74, 6) is 1.63. The Morgan fingerprint density at radius 3 is 1.79 bits per heavy atom. The van der Waals surface area contributed by atoms with E-state index in [1.807, 2.05) is 13.8 Å². The minimum atomic E-state index is -0.763. The zero-order chi connectivity index (χ0) is 24.5. The number of hydrogen-bond donors (Lipinski definition) is 2. The van der Waals surface area contributed by atoms with Crippen LogP contribution in [0, 0.1) is 5.92 Å². The molecule has 0 saturated heterocycles. The molecule has 0 fully saturated rings. The SMILES string of the molecule is COc1cc(OC)cc(C(=O)NC(C(=O)NCc2cc(OC)c(OC)cc2OC)C(C)C)c1. The molecule has 2 rings (SSSR count). The molecular formula is C24H32N2O7. The summed E-state index contributed by atoms with van der Waals surface area (Å²) in [7, 11) is 7.61. The molecule has 2 aromatic carbocycles. The third-order valence-corrected chi connectivity index (χ3v) is 5.09. The lowest BCUT2D eigenvalue weighted by atomic mass is 10.0. The number of ether oxygens (including phenoxy) is 5. The van der Waals surface area contributed by atoms with Crippen LogP contribution in [0.25, 0.3) is 0 Å². The number of carbonyl (C=O) groups is 2. The lowest BCUT2D eigenvalue weighted by Gasteiger charge is -2.22. The van der Waals surface area contributed by atoms with E-state index in [2.05, 4.69) is 10.6 Å². The Bertz CT molecular complexity index is 953. The summed E-state index contributed by atoms with van der Waals surface area (Å²) in [5.41, 5.74) is 1.03. The zero-order valence-corrected chi connectivity index (χ0v) is 20.1. The van der Waals surface area contributed by atoms with Crippen molar-refractivity contribution in [2.45, 2.75) is 26.4 Å². The fourth-order valence-corrected chi connectivity index (χ4v) is 3.22. The van der Waals surface area contributed by atoms with E-state index in [9.17, 15) is 9.59 Å². The highest BCUT2D eigenvalue weighted by atomic mass is 16.5. The van der Waals surface area contributed by atoms with Crippen LogP contribution in [0.5, 0.6) is 28.7 Å². The first kappa shape index (κ1) is 25.6. The van der Waals surface area contributed by atoms with Crippen molar-refractivity contribution in [1.29, 1.82) is 0 Å². The van der Waals surface area contributed by atoms with Crippen molar-refractivity contribution in [1.82, 2.24) is 10.6 Å². The predicted molar refractivity (Wildman–Crippen MR) is 124 cm³/mol. The van der Waals surface area contributed by atoms with E-state index in [1.54, 1.807) is 30.3 Å². The van der Waals surface area contributed by atoms with Crippen molar-refractivity contribution in [2.24, 2.45) is 5.92 Å². The van der Waals surface area contributed by atoms with Gasteiger partial charge < -0.3 is 34.3 Å². The number of carbonyl (C=O) groups excluding carboxylic acids is 2. The van der Waals surface area contributed by atoms with Crippen LogP contribution in [0.2, 0.25) is 0 Å². The first-order valence-corrected chi connectivity index (χ1v) is 10.4. The molecule has 1 unspecified atom stereocenters. The second-order valence-electron chi connectivity index (χ2n) is 7.53. The van der Waals surface area contributed by atoms with Gasteiger partial charge in [0.2, 0.25) is 5.91 Å². The Morgan fingerprint density at radius 2 is 1.30 bits per heavy atom. The third kappa shape index (κ3) is 6.44. The highest BCUT2D eigenvalue weighted by molar-refractivity contribution is 5.98. The van der Waals surface area contributed by atoms with Crippen molar-refractivity contribution >= 4 is 11.8 Å². The molecular weight excluding hydrogens is 428 g/mol. The fraction of sp³-hybridized carbons (Fsp3) is 0.417. The summed E-state index contributed by atoms with van der Waals surface area (Å²) in [4.78, 5) is 25.9. The number of nitrogens with one attached hydrogen (secondary N) is 2. The predicted octanol–water partition coefficient (Wildman–Crippen LogP) is 2.80. The van der Waals surface area contributed by atoms with Crippen LogP contribution >= 0.6 is 0 Å². The van der Waals surface area contributed by atoms with Gasteiger partial charge in [0.15, 0.2) is 11.5 Å². The number of hydrogen-bond acceptors (Lipinski definition) is 7. The molecule has 0 aromatic heterocycles. The number of benzene rings is 2. The van der Waals surface area contributed by atoms with Crippen LogP contribution in [0.1, 0.15) is 29.8 Å². The van der Waals surface area contributed by atoms with Gasteiger partial charge in [0, 0.05) is 29.8 Å². The molecule has 0 radical (unpaired) electrons. The third-order valence-electron chi connectivity index (χ3n) is 5.09. The number of methoxy groups -OCH3 is 5. The van der Waals surface area contributed by atoms with E-state index in [1.165, 1.54) is 35.5 Å². The number of amides is 2. The van der Waals surface area contributed by atoms with Gasteiger partial charge in [0.05, 0.1) is 35.5 Å². The van der Waals surface area contributed by atoms with Crippen molar-refractivity contribution in [3.05, 3.63) is 41.5 Å².